The second-order valence-corrected chi connectivity index (χ2v) is 3.05. The lowest BCUT2D eigenvalue weighted by atomic mass is 10.3. The third kappa shape index (κ3) is 5.36. The maximum Gasteiger partial charge on any atom is 0.371 e. The number of carboxylic acids is 1. The Bertz CT molecular complexity index is 231. The number of hydrogen-bond donors (Lipinski definition) is 1. The van der Waals surface area contributed by atoms with Crippen molar-refractivity contribution in [2.24, 2.45) is 0 Å². The summed E-state index contributed by atoms with van der Waals surface area (Å²) in [5.74, 6) is -1.04. The number of rotatable bonds is 5. The molecule has 0 aromatic carbocycles. The normalized spacial score (nSPS) is 12.8. The van der Waals surface area contributed by atoms with Crippen molar-refractivity contribution in [1.82, 2.24) is 0 Å². The Labute approximate surface area is 82.5 Å². The van der Waals surface area contributed by atoms with E-state index in [2.05, 4.69) is 0 Å². The predicted octanol–water partition coefficient (Wildman–Crippen LogP) is 2.26. The predicted molar refractivity (Wildman–Crippen MR) is 54.6 cm³/mol. The average Bonchev–Trinajstić information content (AvgIpc) is 2.04. The second-order valence-electron chi connectivity index (χ2n) is 2.34. The maximum absolute atomic E-state index is 10.6. The fourth-order valence-corrected chi connectivity index (χ4v) is 1.19. The molecule has 0 fully saturated rings. The van der Waals surface area contributed by atoms with E-state index in [9.17, 15) is 4.79 Å². The number of aliphatic carboxylic acids is 1. The number of carbonyl (C=O) groups is 1. The molecule has 74 valence electrons. The van der Waals surface area contributed by atoms with Crippen molar-refractivity contribution >= 4 is 17.7 Å². The van der Waals surface area contributed by atoms with E-state index in [1.165, 1.54) is 17.8 Å². The zero-order valence-electron chi connectivity index (χ0n) is 8.03. The van der Waals surface area contributed by atoms with E-state index in [4.69, 9.17) is 9.84 Å². The van der Waals surface area contributed by atoms with Crippen LogP contribution in [-0.4, -0.2) is 23.9 Å². The Balaban J connectivity index is 4.52. The molecular weight excluding hydrogens is 188 g/mol. The lowest BCUT2D eigenvalue weighted by Crippen LogP contribution is -2.04. The zero-order valence-corrected chi connectivity index (χ0v) is 8.85. The highest BCUT2D eigenvalue weighted by molar-refractivity contribution is 8.01. The maximum atomic E-state index is 10.6. The van der Waals surface area contributed by atoms with Crippen LogP contribution in [0, 0.1) is 0 Å². The molecule has 13 heavy (non-hydrogen) atoms. The first-order valence-corrected chi connectivity index (χ1v) is 5.18. The zero-order chi connectivity index (χ0) is 10.3. The highest BCUT2D eigenvalue weighted by atomic mass is 32.2. The van der Waals surface area contributed by atoms with Crippen molar-refractivity contribution in [3.8, 4) is 0 Å². The molecule has 4 heteroatoms. The number of allylic oxidation sites excluding steroid dienone is 2. The number of hydrogen-bond acceptors (Lipinski definition) is 3. The summed E-state index contributed by atoms with van der Waals surface area (Å²) < 4.78 is 4.93. The molecule has 0 aromatic rings. The van der Waals surface area contributed by atoms with E-state index in [1.54, 1.807) is 6.92 Å². The van der Waals surface area contributed by atoms with Gasteiger partial charge in [-0.25, -0.2) is 4.79 Å². The van der Waals surface area contributed by atoms with Crippen molar-refractivity contribution in [2.75, 3.05) is 12.9 Å². The molecule has 0 atom stereocenters. The van der Waals surface area contributed by atoms with Crippen LogP contribution in [0.1, 0.15) is 13.8 Å². The molecule has 0 radical (unpaired) electrons. The van der Waals surface area contributed by atoms with Crippen molar-refractivity contribution < 1.29 is 14.6 Å². The van der Waals surface area contributed by atoms with Crippen LogP contribution in [-0.2, 0) is 9.53 Å². The molecule has 0 spiro atoms. The summed E-state index contributed by atoms with van der Waals surface area (Å²) in [5.41, 5.74) is 0.873. The molecule has 0 unspecified atom stereocenters. The summed E-state index contributed by atoms with van der Waals surface area (Å²) in [6.45, 7) is 3.95. The SMILES string of the molecule is CCO/C(=C\C(C)=C\SC)C(=O)O. The van der Waals surface area contributed by atoms with Gasteiger partial charge in [0.05, 0.1) is 6.61 Å². The van der Waals surface area contributed by atoms with Gasteiger partial charge in [0, 0.05) is 0 Å². The Morgan fingerprint density at radius 1 is 1.62 bits per heavy atom. The fraction of sp³-hybridized carbons (Fsp3) is 0.444. The largest absolute Gasteiger partial charge is 0.487 e. The van der Waals surface area contributed by atoms with Crippen LogP contribution in [0.3, 0.4) is 0 Å². The van der Waals surface area contributed by atoms with Gasteiger partial charge in [-0.15, -0.1) is 11.8 Å². The van der Waals surface area contributed by atoms with Crippen LogP contribution in [0.4, 0.5) is 0 Å². The topological polar surface area (TPSA) is 46.5 Å². The van der Waals surface area contributed by atoms with E-state index >= 15 is 0 Å². The van der Waals surface area contributed by atoms with E-state index in [0.717, 1.165) is 5.57 Å². The van der Waals surface area contributed by atoms with Gasteiger partial charge >= 0.3 is 5.97 Å². The summed E-state index contributed by atoms with van der Waals surface area (Å²) in [7, 11) is 0. The molecule has 0 aliphatic carbocycles. The minimum atomic E-state index is -1.03. The van der Waals surface area contributed by atoms with Crippen molar-refractivity contribution in [3.63, 3.8) is 0 Å². The number of ether oxygens (including phenoxy) is 1. The molecule has 0 rings (SSSR count). The van der Waals surface area contributed by atoms with E-state index in [0.29, 0.717) is 6.61 Å². The van der Waals surface area contributed by atoms with Gasteiger partial charge in [-0.1, -0.05) is 0 Å². The first-order valence-electron chi connectivity index (χ1n) is 3.89. The van der Waals surface area contributed by atoms with Crippen molar-refractivity contribution in [3.05, 3.63) is 22.8 Å². The first-order chi connectivity index (χ1) is 6.11. The first kappa shape index (κ1) is 12.1. The third-order valence-electron chi connectivity index (χ3n) is 1.17. The summed E-state index contributed by atoms with van der Waals surface area (Å²) in [6, 6.07) is 0. The van der Waals surface area contributed by atoms with E-state index in [-0.39, 0.29) is 5.76 Å². The Hall–Kier alpha value is -0.900. The van der Waals surface area contributed by atoms with Gasteiger partial charge in [0.15, 0.2) is 0 Å². The number of thioether (sulfide) groups is 1. The molecule has 0 heterocycles. The Morgan fingerprint density at radius 2 is 2.23 bits per heavy atom. The standard InChI is InChI=1S/C9H14O3S/c1-4-12-8(9(10)11)5-7(2)6-13-3/h5-6H,4H2,1-3H3,(H,10,11)/b7-6+,8-5-. The van der Waals surface area contributed by atoms with Crippen LogP contribution < -0.4 is 0 Å². The molecule has 0 bridgehead atoms. The molecule has 0 aliphatic heterocycles. The highest BCUT2D eigenvalue weighted by Gasteiger charge is 2.06. The summed E-state index contributed by atoms with van der Waals surface area (Å²) in [5, 5.41) is 10.6. The second kappa shape index (κ2) is 6.60. The van der Waals surface area contributed by atoms with E-state index in [1.807, 2.05) is 18.6 Å². The van der Waals surface area contributed by atoms with Gasteiger partial charge in [-0.3, -0.25) is 0 Å². The summed E-state index contributed by atoms with van der Waals surface area (Å²) in [6.07, 6.45) is 3.43. The number of carboxylic acid groups (broad SMARTS) is 1. The van der Waals surface area contributed by atoms with Gasteiger partial charge in [-0.05, 0) is 37.2 Å². The monoisotopic (exact) mass is 202 g/mol. The fourth-order valence-electron chi connectivity index (χ4n) is 0.747. The summed E-state index contributed by atoms with van der Waals surface area (Å²) >= 11 is 1.53. The van der Waals surface area contributed by atoms with E-state index < -0.39 is 5.97 Å². The van der Waals surface area contributed by atoms with Crippen LogP contribution in [0.15, 0.2) is 22.8 Å². The van der Waals surface area contributed by atoms with Crippen molar-refractivity contribution in [1.29, 1.82) is 0 Å². The smallest absolute Gasteiger partial charge is 0.371 e. The Morgan fingerprint density at radius 3 is 2.62 bits per heavy atom. The quantitative estimate of drug-likeness (QED) is 0.422. The lowest BCUT2D eigenvalue weighted by Gasteiger charge is -2.02. The molecular formula is C9H14O3S. The van der Waals surface area contributed by atoms with Gasteiger partial charge in [0.25, 0.3) is 0 Å². The van der Waals surface area contributed by atoms with Gasteiger partial charge in [-0.2, -0.15) is 0 Å². The van der Waals surface area contributed by atoms with Crippen LogP contribution in [0.25, 0.3) is 0 Å². The average molecular weight is 202 g/mol. The third-order valence-corrected chi connectivity index (χ3v) is 1.78. The van der Waals surface area contributed by atoms with Gasteiger partial charge in [0.1, 0.15) is 0 Å². The molecule has 0 aliphatic rings. The lowest BCUT2D eigenvalue weighted by molar-refractivity contribution is -0.136. The van der Waals surface area contributed by atoms with Gasteiger partial charge in [0.2, 0.25) is 5.76 Å². The molecule has 0 aromatic heterocycles. The minimum Gasteiger partial charge on any atom is -0.487 e. The Kier molecular flexibility index (Phi) is 6.14. The van der Waals surface area contributed by atoms with Crippen LogP contribution in [0.2, 0.25) is 0 Å². The van der Waals surface area contributed by atoms with Gasteiger partial charge < -0.3 is 9.84 Å². The van der Waals surface area contributed by atoms with Crippen molar-refractivity contribution in [2.45, 2.75) is 13.8 Å². The molecule has 0 saturated carbocycles. The highest BCUT2D eigenvalue weighted by Crippen LogP contribution is 2.08. The molecule has 3 nitrogen and oxygen atoms in total. The van der Waals surface area contributed by atoms with Crippen LogP contribution >= 0.6 is 11.8 Å². The molecule has 1 N–H and O–H groups in total. The summed E-state index contributed by atoms with van der Waals surface area (Å²) in [4.78, 5) is 10.6. The molecule has 0 amide bonds. The van der Waals surface area contributed by atoms with Crippen LogP contribution in [0.5, 0.6) is 0 Å². The minimum absolute atomic E-state index is 0.00898. The molecule has 0 saturated heterocycles.